The zero-order valence-corrected chi connectivity index (χ0v) is 17.3. The summed E-state index contributed by atoms with van der Waals surface area (Å²) < 4.78 is 0. The predicted octanol–water partition coefficient (Wildman–Crippen LogP) is 4.41. The van der Waals surface area contributed by atoms with Gasteiger partial charge in [0.25, 0.3) is 0 Å². The van der Waals surface area contributed by atoms with E-state index in [9.17, 15) is 14.7 Å². The molecular formula is C22H32O4S. The molecule has 0 aromatic rings. The third kappa shape index (κ3) is 3.00. The first-order chi connectivity index (χ1) is 12.8. The zero-order valence-electron chi connectivity index (χ0n) is 16.5. The maximum absolute atomic E-state index is 12.6. The summed E-state index contributed by atoms with van der Waals surface area (Å²) in [6, 6.07) is 0. The average Bonchev–Trinajstić information content (AvgIpc) is 2.92. The molecule has 3 saturated carbocycles. The fraction of sp³-hybridized carbons (Fsp3) is 0.818. The smallest absolute Gasteiger partial charge is 0.304 e. The van der Waals surface area contributed by atoms with Gasteiger partial charge in [0.2, 0.25) is 0 Å². The Morgan fingerprint density at radius 2 is 1.89 bits per heavy atom. The molecule has 0 heterocycles. The van der Waals surface area contributed by atoms with Crippen molar-refractivity contribution in [1.29, 1.82) is 0 Å². The van der Waals surface area contributed by atoms with Crippen LogP contribution in [0.3, 0.4) is 0 Å². The number of carbonyl (C=O) groups excluding carboxylic acids is 1. The lowest BCUT2D eigenvalue weighted by Gasteiger charge is -2.58. The van der Waals surface area contributed by atoms with E-state index in [1.54, 1.807) is 0 Å². The lowest BCUT2D eigenvalue weighted by Crippen LogP contribution is -2.51. The number of carboxylic acids is 1. The van der Waals surface area contributed by atoms with Crippen LogP contribution in [0.15, 0.2) is 10.5 Å². The second-order valence-electron chi connectivity index (χ2n) is 9.69. The van der Waals surface area contributed by atoms with Crippen molar-refractivity contribution in [2.75, 3.05) is 5.75 Å². The van der Waals surface area contributed by atoms with Gasteiger partial charge < -0.3 is 10.2 Å². The maximum atomic E-state index is 12.6. The summed E-state index contributed by atoms with van der Waals surface area (Å²) in [5.41, 5.74) is 1.50. The number of thioether (sulfide) groups is 1. The van der Waals surface area contributed by atoms with E-state index in [0.29, 0.717) is 29.9 Å². The lowest BCUT2D eigenvalue weighted by molar-refractivity contribution is -0.136. The van der Waals surface area contributed by atoms with E-state index in [4.69, 9.17) is 5.11 Å². The second kappa shape index (κ2) is 6.91. The van der Waals surface area contributed by atoms with Gasteiger partial charge >= 0.3 is 5.97 Å². The highest BCUT2D eigenvalue weighted by Gasteiger charge is 2.59. The molecule has 6 unspecified atom stereocenters. The monoisotopic (exact) mass is 392 g/mol. The Balaban J connectivity index is 1.62. The molecule has 6 atom stereocenters. The van der Waals surface area contributed by atoms with Crippen LogP contribution in [0, 0.1) is 28.6 Å². The van der Waals surface area contributed by atoms with E-state index < -0.39 is 5.97 Å². The molecule has 4 aliphatic carbocycles. The van der Waals surface area contributed by atoms with Gasteiger partial charge in [0.1, 0.15) is 0 Å². The molecule has 0 aromatic heterocycles. The summed E-state index contributed by atoms with van der Waals surface area (Å²) >= 11 is 1.49. The van der Waals surface area contributed by atoms with Gasteiger partial charge in [-0.3, -0.25) is 9.59 Å². The van der Waals surface area contributed by atoms with Gasteiger partial charge in [0, 0.05) is 12.2 Å². The summed E-state index contributed by atoms with van der Waals surface area (Å²) in [6.45, 7) is 4.67. The van der Waals surface area contributed by atoms with Crippen molar-refractivity contribution in [3.05, 3.63) is 10.5 Å². The van der Waals surface area contributed by atoms with Crippen LogP contribution in [-0.2, 0) is 9.59 Å². The van der Waals surface area contributed by atoms with Crippen LogP contribution in [0.1, 0.15) is 71.6 Å². The number of carbonyl (C=O) groups is 2. The largest absolute Gasteiger partial charge is 0.481 e. The lowest BCUT2D eigenvalue weighted by atomic mass is 9.47. The minimum atomic E-state index is -0.797. The molecular weight excluding hydrogens is 360 g/mol. The first-order valence-corrected chi connectivity index (χ1v) is 11.6. The van der Waals surface area contributed by atoms with Crippen molar-refractivity contribution in [3.8, 4) is 0 Å². The van der Waals surface area contributed by atoms with Crippen molar-refractivity contribution in [2.24, 2.45) is 28.6 Å². The van der Waals surface area contributed by atoms with Gasteiger partial charge in [-0.1, -0.05) is 13.8 Å². The number of allylic oxidation sites excluding steroid dienone is 1. The third-order valence-electron chi connectivity index (χ3n) is 8.58. The summed E-state index contributed by atoms with van der Waals surface area (Å²) in [5.74, 6) is 1.80. The van der Waals surface area contributed by atoms with Gasteiger partial charge in [-0.2, -0.15) is 0 Å². The number of Topliss-reactive ketones (excluding diaryl/α,β-unsaturated/α-hetero) is 1. The number of fused-ring (bicyclic) bond motifs is 5. The highest BCUT2D eigenvalue weighted by molar-refractivity contribution is 8.04. The predicted molar refractivity (Wildman–Crippen MR) is 106 cm³/mol. The Morgan fingerprint density at radius 1 is 1.11 bits per heavy atom. The van der Waals surface area contributed by atoms with E-state index >= 15 is 0 Å². The normalized spacial score (nSPS) is 43.9. The van der Waals surface area contributed by atoms with E-state index in [1.807, 2.05) is 0 Å². The number of hydrogen-bond acceptors (Lipinski definition) is 4. The Bertz CT molecular complexity index is 686. The van der Waals surface area contributed by atoms with Crippen LogP contribution in [0.5, 0.6) is 0 Å². The summed E-state index contributed by atoms with van der Waals surface area (Å²) in [4.78, 5) is 24.4. The molecule has 0 radical (unpaired) electrons. The van der Waals surface area contributed by atoms with Gasteiger partial charge in [-0.25, -0.2) is 0 Å². The van der Waals surface area contributed by atoms with E-state index in [-0.39, 0.29) is 29.1 Å². The first kappa shape index (κ1) is 19.5. The zero-order chi connectivity index (χ0) is 19.4. The van der Waals surface area contributed by atoms with Crippen LogP contribution in [0.2, 0.25) is 0 Å². The molecule has 150 valence electrons. The summed E-state index contributed by atoms with van der Waals surface area (Å²) in [7, 11) is 0. The van der Waals surface area contributed by atoms with Crippen LogP contribution >= 0.6 is 11.8 Å². The molecule has 3 fully saturated rings. The molecule has 0 saturated heterocycles. The molecule has 2 N–H and O–H groups in total. The topological polar surface area (TPSA) is 74.6 Å². The SMILES string of the molecule is CC12CCC(=O)C(SCCC(=O)O)=C1CCC1C2CCC2(C)C(O)CCC12. The van der Waals surface area contributed by atoms with Crippen molar-refractivity contribution in [3.63, 3.8) is 0 Å². The fourth-order valence-corrected chi connectivity index (χ4v) is 8.30. The number of aliphatic hydroxyl groups excluding tert-OH is 1. The van der Waals surface area contributed by atoms with Crippen LogP contribution in [0.4, 0.5) is 0 Å². The number of ketones is 1. The van der Waals surface area contributed by atoms with Gasteiger partial charge in [-0.05, 0) is 79.1 Å². The number of rotatable bonds is 4. The Hall–Kier alpha value is -0.810. The van der Waals surface area contributed by atoms with Crippen molar-refractivity contribution < 1.29 is 19.8 Å². The highest BCUT2D eigenvalue weighted by Crippen LogP contribution is 2.66. The van der Waals surface area contributed by atoms with E-state index in [1.165, 1.54) is 17.3 Å². The van der Waals surface area contributed by atoms with E-state index in [0.717, 1.165) is 49.9 Å². The number of hydrogen-bond donors (Lipinski definition) is 2. The third-order valence-corrected chi connectivity index (χ3v) is 9.75. The number of carboxylic acid groups (broad SMARTS) is 1. The number of aliphatic hydroxyl groups is 1. The van der Waals surface area contributed by atoms with Gasteiger partial charge in [-0.15, -0.1) is 11.8 Å². The molecule has 4 rings (SSSR count). The first-order valence-electron chi connectivity index (χ1n) is 10.6. The van der Waals surface area contributed by atoms with Gasteiger partial charge in [0.15, 0.2) is 5.78 Å². The fourth-order valence-electron chi connectivity index (χ4n) is 7.05. The maximum Gasteiger partial charge on any atom is 0.304 e. The minimum absolute atomic E-state index is 0.0806. The average molecular weight is 393 g/mol. The summed E-state index contributed by atoms with van der Waals surface area (Å²) in [6.07, 6.45) is 7.93. The highest BCUT2D eigenvalue weighted by atomic mass is 32.2. The van der Waals surface area contributed by atoms with Gasteiger partial charge in [0.05, 0.1) is 17.4 Å². The molecule has 0 amide bonds. The van der Waals surface area contributed by atoms with Crippen molar-refractivity contribution >= 4 is 23.5 Å². The molecule has 0 aromatic carbocycles. The van der Waals surface area contributed by atoms with E-state index in [2.05, 4.69) is 13.8 Å². The second-order valence-corrected chi connectivity index (χ2v) is 10.8. The molecule has 4 aliphatic rings. The van der Waals surface area contributed by atoms with Crippen molar-refractivity contribution in [2.45, 2.75) is 77.7 Å². The molecule has 0 aliphatic heterocycles. The number of aliphatic carboxylic acids is 1. The molecule has 5 heteroatoms. The van der Waals surface area contributed by atoms with Crippen molar-refractivity contribution in [1.82, 2.24) is 0 Å². The molecule has 4 nitrogen and oxygen atoms in total. The Labute approximate surface area is 166 Å². The standard InChI is InChI=1S/C22H32O4S/c1-21-11-8-17(23)20(27-12-9-19(25)26)16(21)4-3-13-14-5-6-18(24)22(14,2)10-7-15(13)21/h13-15,18,24H,3-12H2,1-2H3,(H,25,26). The summed E-state index contributed by atoms with van der Waals surface area (Å²) in [5, 5.41) is 19.5. The Kier molecular flexibility index (Phi) is 4.99. The molecule has 27 heavy (non-hydrogen) atoms. The molecule has 0 bridgehead atoms. The van der Waals surface area contributed by atoms with Crippen LogP contribution < -0.4 is 0 Å². The Morgan fingerprint density at radius 3 is 2.63 bits per heavy atom. The molecule has 0 spiro atoms. The quantitative estimate of drug-likeness (QED) is 0.741. The minimum Gasteiger partial charge on any atom is -0.481 e. The van der Waals surface area contributed by atoms with Crippen LogP contribution in [-0.4, -0.2) is 33.8 Å². The van der Waals surface area contributed by atoms with Crippen LogP contribution in [0.25, 0.3) is 0 Å².